The van der Waals surface area contributed by atoms with Gasteiger partial charge in [-0.3, -0.25) is 28.5 Å². The molecule has 0 radical (unpaired) electrons. The van der Waals surface area contributed by atoms with E-state index in [0.29, 0.717) is 69.0 Å². The highest BCUT2D eigenvalue weighted by molar-refractivity contribution is 7.66. The Morgan fingerprint density at radius 1 is 0.747 bits per heavy atom. The first-order valence-corrected chi connectivity index (χ1v) is 35.3. The molecule has 0 saturated carbocycles. The van der Waals surface area contributed by atoms with Gasteiger partial charge in [-0.2, -0.15) is 8.62 Å². The van der Waals surface area contributed by atoms with Gasteiger partial charge in [0.15, 0.2) is 5.78 Å². The number of Topliss-reactive ketones (excluding diaryl/α,β-unsaturated/α-hetero) is 2. The van der Waals surface area contributed by atoms with Gasteiger partial charge in [0.2, 0.25) is 5.36 Å². The largest absolute Gasteiger partial charge is 0.490 e. The van der Waals surface area contributed by atoms with Gasteiger partial charge < -0.3 is 62.7 Å². The summed E-state index contributed by atoms with van der Waals surface area (Å²) in [7, 11) is -17.0. The third-order valence-electron chi connectivity index (χ3n) is 16.8. The molecule has 6 aliphatic rings. The lowest BCUT2D eigenvalue weighted by atomic mass is 9.81. The summed E-state index contributed by atoms with van der Waals surface area (Å²) in [4.78, 5) is 106. The number of nitrogens with one attached hydrogen (secondary N) is 1. The molecule has 91 heavy (non-hydrogen) atoms. The fourth-order valence-corrected chi connectivity index (χ4v) is 15.8. The lowest BCUT2D eigenvalue weighted by Crippen LogP contribution is -2.45. The van der Waals surface area contributed by atoms with E-state index in [1.807, 2.05) is 6.07 Å². The molecule has 1 aromatic heterocycles. The molecule has 0 amide bonds. The van der Waals surface area contributed by atoms with Crippen LogP contribution in [-0.4, -0.2) is 156 Å². The predicted molar refractivity (Wildman–Crippen MR) is 327 cm³/mol. The van der Waals surface area contributed by atoms with Gasteiger partial charge in [0.05, 0.1) is 76.7 Å². The number of aryl methyl sites for hydroxylation is 3. The van der Waals surface area contributed by atoms with Crippen molar-refractivity contribution in [3.05, 3.63) is 130 Å². The van der Waals surface area contributed by atoms with Crippen molar-refractivity contribution >= 4 is 52.3 Å². The monoisotopic (exact) mass is 1330 g/mol. The number of nitrogens with zero attached hydrogens (tertiary/aromatic N) is 3. The van der Waals surface area contributed by atoms with E-state index in [9.17, 15) is 52.6 Å². The number of hydrogen-bond donors (Lipinski definition) is 6. The van der Waals surface area contributed by atoms with E-state index >= 15 is 0 Å². The number of H-pyrrole nitrogens is 1. The lowest BCUT2D eigenvalue weighted by Gasteiger charge is -2.39. The number of ketones is 2. The number of carboxylic acid groups (broad SMARTS) is 1. The third-order valence-corrected chi connectivity index (χ3v) is 20.6. The molecule has 1 saturated heterocycles. The maximum absolute atomic E-state index is 13.7. The highest BCUT2D eigenvalue weighted by atomic mass is 31.3. The number of benzene rings is 3. The third kappa shape index (κ3) is 17.2. The van der Waals surface area contributed by atoms with E-state index < -0.39 is 65.7 Å². The number of phosphoric ester groups is 1. The predicted octanol–water partition coefficient (Wildman–Crippen LogP) is 5.41. The van der Waals surface area contributed by atoms with Gasteiger partial charge in [0.1, 0.15) is 42.7 Å². The zero-order valence-corrected chi connectivity index (χ0v) is 53.4. The first-order valence-electron chi connectivity index (χ1n) is 30.7. The molecule has 30 heteroatoms. The molecular weight excluding hydrogens is 1250 g/mol. The molecule has 6 aliphatic heterocycles. The molecule has 494 valence electrons. The van der Waals surface area contributed by atoms with Crippen molar-refractivity contribution in [3.63, 3.8) is 0 Å². The molecule has 27 nitrogen and oxygen atoms in total. The molecule has 7 heterocycles. The number of aromatic carboxylic acids is 1. The van der Waals surface area contributed by atoms with Crippen molar-refractivity contribution in [2.45, 2.75) is 122 Å². The molecular formula is C61H78N4O23P3+. The molecule has 3 unspecified atom stereocenters. The molecule has 6 N–H and O–H groups in total. The maximum Gasteiger partial charge on any atom is 0.490 e. The smallest absolute Gasteiger partial charge is 0.478 e. The van der Waals surface area contributed by atoms with E-state index in [1.54, 1.807) is 6.07 Å². The minimum Gasteiger partial charge on any atom is -0.478 e. The van der Waals surface area contributed by atoms with Gasteiger partial charge in [-0.15, -0.1) is 0 Å². The van der Waals surface area contributed by atoms with Crippen LogP contribution in [0.4, 0.5) is 5.69 Å². The second-order valence-corrected chi connectivity index (χ2v) is 27.8. The van der Waals surface area contributed by atoms with Gasteiger partial charge in [0.25, 0.3) is 5.56 Å². The van der Waals surface area contributed by atoms with Crippen LogP contribution in [0.5, 0.6) is 11.5 Å². The van der Waals surface area contributed by atoms with Crippen LogP contribution < -0.4 is 36.0 Å². The van der Waals surface area contributed by atoms with Crippen LogP contribution in [0, 0.1) is 6.92 Å². The average Bonchev–Trinajstić information content (AvgIpc) is 1.21. The van der Waals surface area contributed by atoms with Crippen molar-refractivity contribution in [3.8, 4) is 11.5 Å². The summed E-state index contributed by atoms with van der Waals surface area (Å²) < 4.78 is 92.6. The fourth-order valence-electron chi connectivity index (χ4n) is 12.8. The summed E-state index contributed by atoms with van der Waals surface area (Å²) in [5.74, 6) is 0.380. The highest BCUT2D eigenvalue weighted by Crippen LogP contribution is 2.66. The van der Waals surface area contributed by atoms with Gasteiger partial charge >= 0.3 is 35.1 Å². The zero-order chi connectivity index (χ0) is 64.6. The van der Waals surface area contributed by atoms with Crippen molar-refractivity contribution in [1.82, 2.24) is 14.1 Å². The van der Waals surface area contributed by atoms with Crippen LogP contribution in [0.15, 0.2) is 58.3 Å². The van der Waals surface area contributed by atoms with E-state index in [-0.39, 0.29) is 74.8 Å². The Morgan fingerprint density at radius 2 is 1.43 bits per heavy atom. The number of anilines is 1. The maximum atomic E-state index is 13.7. The average molecular weight is 1330 g/mol. The molecule has 10 rings (SSSR count). The normalized spacial score (nSPS) is 19.6. The number of rotatable bonds is 34. The Morgan fingerprint density at radius 3 is 2.15 bits per heavy atom. The summed E-state index contributed by atoms with van der Waals surface area (Å²) in [5.41, 5.74) is 8.35. The minimum absolute atomic E-state index is 0.0454. The molecule has 0 aliphatic carbocycles. The number of carbonyl (C=O) groups is 3. The van der Waals surface area contributed by atoms with Gasteiger partial charge in [-0.05, 0) is 94.0 Å². The van der Waals surface area contributed by atoms with Crippen molar-refractivity contribution in [2.75, 3.05) is 97.1 Å². The van der Waals surface area contributed by atoms with Crippen LogP contribution in [0.25, 0.3) is 5.57 Å². The number of fused-ring (bicyclic) bond motifs is 4. The van der Waals surface area contributed by atoms with Crippen LogP contribution >= 0.6 is 23.5 Å². The highest BCUT2D eigenvalue weighted by Gasteiger charge is 2.44. The Bertz CT molecular complexity index is 3840. The van der Waals surface area contributed by atoms with Crippen molar-refractivity contribution < 1.29 is 99.1 Å². The molecule has 3 aromatic carbocycles. The topological polar surface area (TPSA) is 357 Å². The molecule has 0 spiro atoms. The lowest BCUT2D eigenvalue weighted by molar-refractivity contribution is -0.120. The van der Waals surface area contributed by atoms with Gasteiger partial charge in [-0.1, -0.05) is 24.3 Å². The van der Waals surface area contributed by atoms with E-state index in [4.69, 9.17) is 47.5 Å². The molecule has 5 atom stereocenters. The van der Waals surface area contributed by atoms with Crippen LogP contribution in [0.1, 0.15) is 137 Å². The number of carboxylic acids is 1. The first-order chi connectivity index (χ1) is 43.5. The second-order valence-electron chi connectivity index (χ2n) is 23.4. The first kappa shape index (κ1) is 68.2. The zero-order valence-electron chi connectivity index (χ0n) is 50.7. The van der Waals surface area contributed by atoms with Gasteiger partial charge in [0, 0.05) is 109 Å². The summed E-state index contributed by atoms with van der Waals surface area (Å²) in [6, 6.07) is 9.64. The number of carbonyl (C=O) groups excluding carboxylic acids is 2. The Balaban J connectivity index is 0.603. The number of aromatic amines is 1. The van der Waals surface area contributed by atoms with Crippen LogP contribution in [0.3, 0.4) is 0 Å². The van der Waals surface area contributed by atoms with Crippen LogP contribution in [0.2, 0.25) is 0 Å². The number of aromatic nitrogens is 2. The Hall–Kier alpha value is -5.67. The minimum atomic E-state index is -5.80. The summed E-state index contributed by atoms with van der Waals surface area (Å²) in [6.45, 7) is 10.9. The number of hydrogen-bond acceptors (Lipinski definition) is 19. The standard InChI is InChI=1S/C61H77N4O23P3/c1-38(36-83-51-34-53(65-35-39(2)59(68)62-61(65)71)85-52(51)37-84-90(75,76)88-91(77,78)87-89(72,73)74)9-3-12-43(66)18-24-80-26-28-82-30-29-81-27-25-79-23-8-15-50(67)40-16-17-44(47(31-40)60(69)70)54-48-32-41-10-4-19-63-21-6-13-45(55(41)63)57(48)86-58-46-14-7-22-64-20-5-11-42(56(46)64)33-49(54)58/h16-17,31-33,35,51-53H,1,3-15,18-30,34,36-37H2,2H3,(H5-,62,68,69,70,71,72,73,74,75,76,77,78)/p+1/t51?,52-,53-/m1/s1. The molecule has 4 aromatic rings. The SMILES string of the molecule is C=C(CCCC(=O)CCOCCOCCOCCOCCCC(=O)c1ccc(C2=c3cc4c5c(c3Oc3c2cc2c6c3CCCN6CCC2)CCC[N+]=5CCC4)c(C(=O)O)c1)COC1C[C@H](n2cc(C)c(=O)[nH]c2=O)O[C@@H]1COP(=O)(O)OP(=O)(O)OP(=O)(O)O. The fraction of sp³-hybridized carbons (Fsp3) is 0.541. The van der Waals surface area contributed by atoms with E-state index in [0.717, 1.165) is 110 Å². The summed E-state index contributed by atoms with van der Waals surface area (Å²) in [6.07, 6.45) is 7.55. The quantitative estimate of drug-likeness (QED) is 0.00985. The number of ether oxygens (including phenoxy) is 7. The van der Waals surface area contributed by atoms with Crippen LogP contribution in [-0.2, 0) is 85.7 Å². The Labute approximate surface area is 523 Å². The number of phosphoric acid groups is 3. The summed E-state index contributed by atoms with van der Waals surface area (Å²) in [5, 5.41) is 13.1. The van der Waals surface area contributed by atoms with Crippen molar-refractivity contribution in [1.29, 1.82) is 0 Å². The van der Waals surface area contributed by atoms with Gasteiger partial charge in [-0.25, -0.2) is 27.9 Å². The molecule has 1 fully saturated rings. The van der Waals surface area contributed by atoms with E-state index in [2.05, 4.69) is 41.8 Å². The van der Waals surface area contributed by atoms with Crippen molar-refractivity contribution in [2.24, 2.45) is 0 Å². The summed E-state index contributed by atoms with van der Waals surface area (Å²) >= 11 is 0. The second kappa shape index (κ2) is 30.2. The van der Waals surface area contributed by atoms with E-state index in [1.165, 1.54) is 52.5 Å². The molecule has 0 bridgehead atoms. The Kier molecular flexibility index (Phi) is 22.6.